The number of hydrogen-bond acceptors (Lipinski definition) is 5. The predicted octanol–water partition coefficient (Wildman–Crippen LogP) is 1.81. The van der Waals surface area contributed by atoms with Crippen molar-refractivity contribution in [3.63, 3.8) is 0 Å². The molecule has 6 nitrogen and oxygen atoms in total. The normalized spacial score (nSPS) is 21.5. The number of β-amino-alcohol motifs (C(OH)–C–C–N with tert-alkyl or cyclic N) is 1. The van der Waals surface area contributed by atoms with Gasteiger partial charge in [0, 0.05) is 18.5 Å². The molecule has 1 atom stereocenters. The van der Waals surface area contributed by atoms with Gasteiger partial charge in [0.15, 0.2) is 5.75 Å². The van der Waals surface area contributed by atoms with Crippen molar-refractivity contribution in [1.82, 2.24) is 0 Å². The SMILES string of the molecule is COc1cccc(N2CC(O)C(C)(C)C2)c1[N+](=O)[O-]. The van der Waals surface area contributed by atoms with E-state index in [1.165, 1.54) is 7.11 Å². The van der Waals surface area contributed by atoms with Gasteiger partial charge >= 0.3 is 5.69 Å². The largest absolute Gasteiger partial charge is 0.490 e. The summed E-state index contributed by atoms with van der Waals surface area (Å²) in [6, 6.07) is 4.98. The highest BCUT2D eigenvalue weighted by Gasteiger charge is 2.40. The van der Waals surface area contributed by atoms with Crippen molar-refractivity contribution in [1.29, 1.82) is 0 Å². The Bertz CT molecular complexity index is 501. The fourth-order valence-electron chi connectivity index (χ4n) is 2.42. The molecule has 2 rings (SSSR count). The minimum absolute atomic E-state index is 0.0464. The number of hydrogen-bond donors (Lipinski definition) is 1. The van der Waals surface area contributed by atoms with Crippen molar-refractivity contribution >= 4 is 11.4 Å². The molecule has 0 radical (unpaired) electrons. The number of ether oxygens (including phenoxy) is 1. The minimum Gasteiger partial charge on any atom is -0.490 e. The third-order valence-corrected chi connectivity index (χ3v) is 3.61. The highest BCUT2D eigenvalue weighted by Crippen LogP contribution is 2.41. The first kappa shape index (κ1) is 13.6. The molecule has 0 bridgehead atoms. The quantitative estimate of drug-likeness (QED) is 0.667. The van der Waals surface area contributed by atoms with Crippen molar-refractivity contribution in [3.8, 4) is 5.75 Å². The number of methoxy groups -OCH3 is 1. The van der Waals surface area contributed by atoms with Gasteiger partial charge in [-0.2, -0.15) is 0 Å². The van der Waals surface area contributed by atoms with Crippen LogP contribution in [-0.2, 0) is 0 Å². The van der Waals surface area contributed by atoms with Crippen molar-refractivity contribution in [2.45, 2.75) is 20.0 Å². The zero-order valence-electron chi connectivity index (χ0n) is 11.3. The van der Waals surface area contributed by atoms with Crippen LogP contribution in [0.15, 0.2) is 18.2 Å². The lowest BCUT2D eigenvalue weighted by Crippen LogP contribution is -2.26. The highest BCUT2D eigenvalue weighted by molar-refractivity contribution is 5.70. The van der Waals surface area contributed by atoms with Crippen LogP contribution in [0.2, 0.25) is 0 Å². The summed E-state index contributed by atoms with van der Waals surface area (Å²) in [5.41, 5.74) is 0.167. The number of anilines is 1. The summed E-state index contributed by atoms with van der Waals surface area (Å²) in [7, 11) is 1.41. The Kier molecular flexibility index (Phi) is 3.36. The van der Waals surface area contributed by atoms with Gasteiger partial charge in [0.1, 0.15) is 5.69 Å². The molecule has 19 heavy (non-hydrogen) atoms. The number of aliphatic hydroxyl groups is 1. The van der Waals surface area contributed by atoms with Crippen LogP contribution in [0.5, 0.6) is 5.75 Å². The van der Waals surface area contributed by atoms with Gasteiger partial charge in [0.05, 0.1) is 18.1 Å². The maximum Gasteiger partial charge on any atom is 0.333 e. The number of aliphatic hydroxyl groups excluding tert-OH is 1. The van der Waals surface area contributed by atoms with Gasteiger partial charge in [-0.1, -0.05) is 19.9 Å². The minimum atomic E-state index is -0.502. The number of rotatable bonds is 3. The second kappa shape index (κ2) is 4.70. The summed E-state index contributed by atoms with van der Waals surface area (Å²) in [5, 5.41) is 21.2. The zero-order chi connectivity index (χ0) is 14.2. The fourth-order valence-corrected chi connectivity index (χ4v) is 2.42. The van der Waals surface area contributed by atoms with E-state index >= 15 is 0 Å². The Morgan fingerprint density at radius 2 is 2.21 bits per heavy atom. The smallest absolute Gasteiger partial charge is 0.333 e. The summed E-state index contributed by atoms with van der Waals surface area (Å²) in [4.78, 5) is 12.6. The van der Waals surface area contributed by atoms with Crippen molar-refractivity contribution in [2.75, 3.05) is 25.1 Å². The van der Waals surface area contributed by atoms with Crippen LogP contribution in [0.3, 0.4) is 0 Å². The lowest BCUT2D eigenvalue weighted by atomic mass is 9.90. The Morgan fingerprint density at radius 1 is 1.53 bits per heavy atom. The Labute approximate surface area is 111 Å². The van der Waals surface area contributed by atoms with Gasteiger partial charge < -0.3 is 14.7 Å². The van der Waals surface area contributed by atoms with Crippen molar-refractivity contribution in [3.05, 3.63) is 28.3 Å². The van der Waals surface area contributed by atoms with Crippen LogP contribution in [0.1, 0.15) is 13.8 Å². The average Bonchev–Trinajstić information content (AvgIpc) is 2.62. The first-order chi connectivity index (χ1) is 8.86. The molecule has 1 fully saturated rings. The maximum absolute atomic E-state index is 11.2. The van der Waals surface area contributed by atoms with Gasteiger partial charge in [-0.3, -0.25) is 10.1 Å². The summed E-state index contributed by atoms with van der Waals surface area (Å²) in [6.45, 7) is 4.86. The molecular formula is C13H18N2O4. The van der Waals surface area contributed by atoms with E-state index in [1.807, 2.05) is 18.7 Å². The summed E-state index contributed by atoms with van der Waals surface area (Å²) >= 11 is 0. The molecule has 1 aliphatic rings. The second-order valence-corrected chi connectivity index (χ2v) is 5.47. The van der Waals surface area contributed by atoms with E-state index in [0.717, 1.165) is 0 Å². The van der Waals surface area contributed by atoms with Crippen LogP contribution in [0.4, 0.5) is 11.4 Å². The van der Waals surface area contributed by atoms with E-state index in [4.69, 9.17) is 4.74 Å². The average molecular weight is 266 g/mol. The van der Waals surface area contributed by atoms with Crippen LogP contribution in [0.25, 0.3) is 0 Å². The lowest BCUT2D eigenvalue weighted by molar-refractivity contribution is -0.385. The molecule has 0 spiro atoms. The molecule has 0 aromatic heterocycles. The molecule has 1 aromatic carbocycles. The van der Waals surface area contributed by atoms with E-state index in [9.17, 15) is 15.2 Å². The predicted molar refractivity (Wildman–Crippen MR) is 71.6 cm³/mol. The van der Waals surface area contributed by atoms with Gasteiger partial charge in [0.25, 0.3) is 0 Å². The summed E-state index contributed by atoms with van der Waals surface area (Å²) in [6.07, 6.45) is -0.502. The molecule has 0 amide bonds. The molecule has 0 aliphatic carbocycles. The number of benzene rings is 1. The zero-order valence-corrected chi connectivity index (χ0v) is 11.3. The number of nitro benzene ring substituents is 1. The molecule has 0 saturated carbocycles. The van der Waals surface area contributed by atoms with E-state index in [2.05, 4.69) is 0 Å². The Balaban J connectivity index is 2.44. The van der Waals surface area contributed by atoms with Crippen LogP contribution in [-0.4, -0.2) is 36.3 Å². The van der Waals surface area contributed by atoms with Crippen molar-refractivity contribution < 1.29 is 14.8 Å². The molecule has 104 valence electrons. The molecule has 6 heteroatoms. The third-order valence-electron chi connectivity index (χ3n) is 3.61. The maximum atomic E-state index is 11.2. The van der Waals surface area contributed by atoms with Crippen LogP contribution in [0, 0.1) is 15.5 Å². The molecule has 1 unspecified atom stereocenters. The standard InChI is InChI=1S/C13H18N2O4/c1-13(2)8-14(7-11(13)16)9-5-4-6-10(19-3)12(9)15(17)18/h4-6,11,16H,7-8H2,1-3H3. The van der Waals surface area contributed by atoms with Crippen LogP contribution >= 0.6 is 0 Å². The Morgan fingerprint density at radius 3 is 2.68 bits per heavy atom. The lowest BCUT2D eigenvalue weighted by Gasteiger charge is -2.22. The highest BCUT2D eigenvalue weighted by atomic mass is 16.6. The van der Waals surface area contributed by atoms with Gasteiger partial charge in [-0.15, -0.1) is 0 Å². The first-order valence-corrected chi connectivity index (χ1v) is 6.11. The summed E-state index contributed by atoms with van der Waals surface area (Å²) in [5.74, 6) is 0.238. The second-order valence-electron chi connectivity index (χ2n) is 5.47. The first-order valence-electron chi connectivity index (χ1n) is 6.11. The molecular weight excluding hydrogens is 248 g/mol. The van der Waals surface area contributed by atoms with Gasteiger partial charge in [-0.25, -0.2) is 0 Å². The number of para-hydroxylation sites is 1. The third kappa shape index (κ3) is 2.35. The van der Waals surface area contributed by atoms with E-state index in [0.29, 0.717) is 18.8 Å². The molecule has 1 N–H and O–H groups in total. The molecule has 1 aromatic rings. The van der Waals surface area contributed by atoms with Crippen molar-refractivity contribution in [2.24, 2.45) is 5.41 Å². The van der Waals surface area contributed by atoms with Gasteiger partial charge in [-0.05, 0) is 12.1 Å². The molecule has 1 aliphatic heterocycles. The van der Waals surface area contributed by atoms with E-state index in [1.54, 1.807) is 18.2 Å². The molecule has 1 heterocycles. The fraction of sp³-hybridized carbons (Fsp3) is 0.538. The summed E-state index contributed by atoms with van der Waals surface area (Å²) < 4.78 is 5.05. The number of nitrogens with zero attached hydrogens (tertiary/aromatic N) is 2. The van der Waals surface area contributed by atoms with E-state index in [-0.39, 0.29) is 16.9 Å². The topological polar surface area (TPSA) is 75.8 Å². The van der Waals surface area contributed by atoms with Gasteiger partial charge in [0.2, 0.25) is 0 Å². The van der Waals surface area contributed by atoms with E-state index < -0.39 is 11.0 Å². The molecule has 1 saturated heterocycles. The number of nitro groups is 1. The Hall–Kier alpha value is -1.82. The monoisotopic (exact) mass is 266 g/mol. The van der Waals surface area contributed by atoms with Crippen LogP contribution < -0.4 is 9.64 Å².